The van der Waals surface area contributed by atoms with Crippen LogP contribution in [0.1, 0.15) is 50.6 Å². The zero-order valence-electron chi connectivity index (χ0n) is 19.2. The van der Waals surface area contributed by atoms with Gasteiger partial charge >= 0.3 is 0 Å². The number of likely N-dealkylation sites (tertiary alicyclic amines) is 1. The molecule has 0 bridgehead atoms. The van der Waals surface area contributed by atoms with E-state index in [-0.39, 0.29) is 17.4 Å². The molecule has 2 aromatic carbocycles. The van der Waals surface area contributed by atoms with Gasteiger partial charge in [0.2, 0.25) is 5.91 Å². The number of piperidine rings is 1. The van der Waals surface area contributed by atoms with Crippen molar-refractivity contribution >= 4 is 5.91 Å². The highest BCUT2D eigenvalue weighted by Crippen LogP contribution is 2.33. The molecule has 0 spiro atoms. The first-order chi connectivity index (χ1) is 15.9. The van der Waals surface area contributed by atoms with Crippen LogP contribution in [0, 0.1) is 0 Å². The van der Waals surface area contributed by atoms with Gasteiger partial charge in [0.05, 0.1) is 23.7 Å². The minimum atomic E-state index is -1.07. The number of hydrogen-bond acceptors (Lipinski definition) is 4. The van der Waals surface area contributed by atoms with Crippen molar-refractivity contribution in [2.24, 2.45) is 0 Å². The van der Waals surface area contributed by atoms with Crippen molar-refractivity contribution < 1.29 is 9.90 Å². The Balaban J connectivity index is 1.40. The molecule has 1 N–H and O–H groups in total. The van der Waals surface area contributed by atoms with Crippen LogP contribution in [-0.2, 0) is 4.79 Å². The Morgan fingerprint density at radius 3 is 2.24 bits per heavy atom. The van der Waals surface area contributed by atoms with Crippen molar-refractivity contribution in [3.63, 3.8) is 0 Å². The molecule has 172 valence electrons. The van der Waals surface area contributed by atoms with E-state index in [0.717, 1.165) is 11.1 Å². The molecular weight excluding hydrogens is 414 g/mol. The van der Waals surface area contributed by atoms with Crippen molar-refractivity contribution in [2.45, 2.75) is 50.7 Å². The summed E-state index contributed by atoms with van der Waals surface area (Å²) in [7, 11) is 0. The first-order valence-corrected chi connectivity index (χ1v) is 11.6. The molecule has 6 heteroatoms. The number of amides is 1. The maximum Gasteiger partial charge on any atom is 0.254 e. The molecule has 1 unspecified atom stereocenters. The Kier molecular flexibility index (Phi) is 6.75. The van der Waals surface area contributed by atoms with Crippen LogP contribution in [0.5, 0.6) is 0 Å². The standard InChI is InChI=1S/C27H31N3O3/c1-20(22-9-5-3-6-10-22)17-25(31)29-15-13-27(33,14-16-29)21(2)30-19-28-24(18-26(30)32)23-11-7-4-8-12-23/h3-12,18-21,33H,13-17H2,1-2H3/t20-,21?/m1/s1. The van der Waals surface area contributed by atoms with Gasteiger partial charge in [-0.2, -0.15) is 0 Å². The Morgan fingerprint density at radius 1 is 1.03 bits per heavy atom. The maximum atomic E-state index is 12.8. The number of benzene rings is 2. The first-order valence-electron chi connectivity index (χ1n) is 11.6. The fourth-order valence-electron chi connectivity index (χ4n) is 4.58. The van der Waals surface area contributed by atoms with Crippen LogP contribution < -0.4 is 5.56 Å². The van der Waals surface area contributed by atoms with E-state index in [1.54, 1.807) is 0 Å². The zero-order chi connectivity index (χ0) is 23.4. The lowest BCUT2D eigenvalue weighted by atomic mass is 9.84. The summed E-state index contributed by atoms with van der Waals surface area (Å²) in [5.74, 6) is 0.248. The molecule has 6 nitrogen and oxygen atoms in total. The second kappa shape index (κ2) is 9.71. The van der Waals surface area contributed by atoms with E-state index >= 15 is 0 Å². The predicted octanol–water partition coefficient (Wildman–Crippen LogP) is 4.02. The van der Waals surface area contributed by atoms with Crippen LogP contribution in [0.4, 0.5) is 0 Å². The van der Waals surface area contributed by atoms with Gasteiger partial charge in [0, 0.05) is 31.1 Å². The topological polar surface area (TPSA) is 75.4 Å². The molecule has 0 aliphatic carbocycles. The van der Waals surface area contributed by atoms with Crippen molar-refractivity contribution in [3.8, 4) is 11.3 Å². The van der Waals surface area contributed by atoms with Gasteiger partial charge in [-0.25, -0.2) is 4.98 Å². The summed E-state index contributed by atoms with van der Waals surface area (Å²) in [5, 5.41) is 11.3. The number of aliphatic hydroxyl groups is 1. The Hall–Kier alpha value is -3.25. The van der Waals surface area contributed by atoms with Gasteiger partial charge in [0.15, 0.2) is 0 Å². The average molecular weight is 446 g/mol. The fraction of sp³-hybridized carbons (Fsp3) is 0.370. The summed E-state index contributed by atoms with van der Waals surface area (Å²) in [6.45, 7) is 4.87. The van der Waals surface area contributed by atoms with Crippen LogP contribution in [0.3, 0.4) is 0 Å². The molecule has 1 amide bonds. The van der Waals surface area contributed by atoms with Gasteiger partial charge in [0.25, 0.3) is 5.56 Å². The van der Waals surface area contributed by atoms with E-state index in [4.69, 9.17) is 0 Å². The molecule has 33 heavy (non-hydrogen) atoms. The third kappa shape index (κ3) is 5.06. The van der Waals surface area contributed by atoms with Crippen molar-refractivity contribution in [2.75, 3.05) is 13.1 Å². The van der Waals surface area contributed by atoms with E-state index in [9.17, 15) is 14.7 Å². The molecule has 4 rings (SSSR count). The zero-order valence-corrected chi connectivity index (χ0v) is 19.2. The van der Waals surface area contributed by atoms with E-state index in [2.05, 4.69) is 11.9 Å². The van der Waals surface area contributed by atoms with E-state index in [1.807, 2.05) is 72.5 Å². The fourth-order valence-corrected chi connectivity index (χ4v) is 4.58. The molecule has 1 aliphatic rings. The highest BCUT2D eigenvalue weighted by atomic mass is 16.3. The molecule has 2 heterocycles. The SMILES string of the molecule is CC(n1cnc(-c2ccccc2)cc1=O)C1(O)CCN(C(=O)C[C@@H](C)c2ccccc2)CC1. The number of rotatable bonds is 6. The molecule has 3 aromatic rings. The molecular formula is C27H31N3O3. The summed E-state index contributed by atoms with van der Waals surface area (Å²) in [4.78, 5) is 31.9. The first kappa shape index (κ1) is 22.9. The van der Waals surface area contributed by atoms with E-state index < -0.39 is 11.6 Å². The molecule has 1 aliphatic heterocycles. The molecule has 1 fully saturated rings. The Labute approximate surface area is 194 Å². The van der Waals surface area contributed by atoms with Crippen molar-refractivity contribution in [3.05, 3.63) is 89.0 Å². The minimum absolute atomic E-state index is 0.104. The summed E-state index contributed by atoms with van der Waals surface area (Å²) in [6.07, 6.45) is 2.81. The monoisotopic (exact) mass is 445 g/mol. The Morgan fingerprint density at radius 2 is 1.64 bits per heavy atom. The third-order valence-electron chi connectivity index (χ3n) is 6.93. The number of nitrogens with zero attached hydrogens (tertiary/aromatic N) is 3. The number of carbonyl (C=O) groups is 1. The van der Waals surface area contributed by atoms with Crippen LogP contribution >= 0.6 is 0 Å². The predicted molar refractivity (Wildman–Crippen MR) is 129 cm³/mol. The van der Waals surface area contributed by atoms with Gasteiger partial charge in [-0.1, -0.05) is 67.6 Å². The normalized spacial score (nSPS) is 17.4. The smallest absolute Gasteiger partial charge is 0.254 e. The molecule has 2 atom stereocenters. The highest BCUT2D eigenvalue weighted by Gasteiger charge is 2.40. The van der Waals surface area contributed by atoms with Gasteiger partial charge in [-0.3, -0.25) is 14.2 Å². The molecule has 0 radical (unpaired) electrons. The second-order valence-corrected chi connectivity index (χ2v) is 9.06. The van der Waals surface area contributed by atoms with Crippen molar-refractivity contribution in [1.29, 1.82) is 0 Å². The Bertz CT molecular complexity index is 1140. The third-order valence-corrected chi connectivity index (χ3v) is 6.93. The lowest BCUT2D eigenvalue weighted by Crippen LogP contribution is -2.51. The summed E-state index contributed by atoms with van der Waals surface area (Å²) >= 11 is 0. The van der Waals surface area contributed by atoms with Crippen molar-refractivity contribution in [1.82, 2.24) is 14.5 Å². The molecule has 1 aromatic heterocycles. The van der Waals surface area contributed by atoms with Crippen LogP contribution in [0.25, 0.3) is 11.3 Å². The van der Waals surface area contributed by atoms with E-state index in [0.29, 0.717) is 38.0 Å². The lowest BCUT2D eigenvalue weighted by Gasteiger charge is -2.42. The van der Waals surface area contributed by atoms with E-state index in [1.165, 1.54) is 17.0 Å². The maximum absolute atomic E-state index is 12.8. The van der Waals surface area contributed by atoms with Gasteiger partial charge in [-0.15, -0.1) is 0 Å². The average Bonchev–Trinajstić information content (AvgIpc) is 2.85. The quantitative estimate of drug-likeness (QED) is 0.622. The van der Waals surface area contributed by atoms with Crippen LogP contribution in [-0.4, -0.2) is 44.2 Å². The van der Waals surface area contributed by atoms with Crippen LogP contribution in [0.15, 0.2) is 77.9 Å². The number of hydrogen-bond donors (Lipinski definition) is 1. The summed E-state index contributed by atoms with van der Waals surface area (Å²) in [5.41, 5.74) is 1.38. The summed E-state index contributed by atoms with van der Waals surface area (Å²) < 4.78 is 1.50. The molecule has 0 saturated carbocycles. The molecule has 1 saturated heterocycles. The van der Waals surface area contributed by atoms with Gasteiger partial charge in [0.1, 0.15) is 0 Å². The summed E-state index contributed by atoms with van der Waals surface area (Å²) in [6, 6.07) is 20.7. The number of aromatic nitrogens is 2. The van der Waals surface area contributed by atoms with Gasteiger partial charge < -0.3 is 10.0 Å². The van der Waals surface area contributed by atoms with Crippen LogP contribution in [0.2, 0.25) is 0 Å². The highest BCUT2D eigenvalue weighted by molar-refractivity contribution is 5.77. The minimum Gasteiger partial charge on any atom is -0.388 e. The lowest BCUT2D eigenvalue weighted by molar-refractivity contribution is -0.137. The van der Waals surface area contributed by atoms with Gasteiger partial charge in [-0.05, 0) is 31.2 Å². The second-order valence-electron chi connectivity index (χ2n) is 9.06. The largest absolute Gasteiger partial charge is 0.388 e. The number of carbonyl (C=O) groups excluding carboxylic acids is 1.